The van der Waals surface area contributed by atoms with Crippen LogP contribution in [0.3, 0.4) is 0 Å². The molecule has 0 spiro atoms. The zero-order valence-corrected chi connectivity index (χ0v) is 15.0. The van der Waals surface area contributed by atoms with Crippen molar-refractivity contribution in [1.29, 1.82) is 0 Å². The van der Waals surface area contributed by atoms with Crippen molar-refractivity contribution in [2.45, 2.75) is 6.42 Å². The Morgan fingerprint density at radius 3 is 2.92 bits per heavy atom. The third-order valence-corrected chi connectivity index (χ3v) is 4.54. The predicted molar refractivity (Wildman–Crippen MR) is 103 cm³/mol. The highest BCUT2D eigenvalue weighted by atomic mass is 16.3. The van der Waals surface area contributed by atoms with Crippen LogP contribution in [0.2, 0.25) is 0 Å². The Hall–Kier alpha value is -3.02. The van der Waals surface area contributed by atoms with Gasteiger partial charge in [-0.05, 0) is 30.2 Å². The van der Waals surface area contributed by atoms with Crippen molar-refractivity contribution in [3.8, 4) is 0 Å². The molecular weight excluding hydrogens is 326 g/mol. The minimum Gasteiger partial charge on any atom is -0.398 e. The largest absolute Gasteiger partial charge is 0.398 e. The molecule has 0 radical (unpaired) electrons. The maximum atomic E-state index is 5.94. The Kier molecular flexibility index (Phi) is 4.73. The number of aryl methyl sites for hydroxylation is 1. The second-order valence-electron chi connectivity index (χ2n) is 6.42. The number of benzene rings is 1. The summed E-state index contributed by atoms with van der Waals surface area (Å²) in [5.74, 6) is 1.77. The van der Waals surface area contributed by atoms with E-state index in [0.29, 0.717) is 0 Å². The van der Waals surface area contributed by atoms with Crippen LogP contribution in [-0.2, 0) is 7.05 Å². The van der Waals surface area contributed by atoms with Crippen LogP contribution >= 0.6 is 0 Å². The van der Waals surface area contributed by atoms with Gasteiger partial charge in [-0.15, -0.1) is 0 Å². The lowest BCUT2D eigenvalue weighted by Crippen LogP contribution is -2.35. The minimum absolute atomic E-state index is 0.845. The summed E-state index contributed by atoms with van der Waals surface area (Å²) in [4.78, 5) is 6.52. The molecule has 4 rings (SSSR count). The van der Waals surface area contributed by atoms with Crippen molar-refractivity contribution < 1.29 is 8.98 Å². The molecule has 1 aromatic heterocycles. The summed E-state index contributed by atoms with van der Waals surface area (Å²) in [5.41, 5.74) is 3.12. The Morgan fingerprint density at radius 2 is 2.15 bits per heavy atom. The fourth-order valence-corrected chi connectivity index (χ4v) is 3.09. The van der Waals surface area contributed by atoms with Crippen LogP contribution in [0.4, 0.5) is 0 Å². The average Bonchev–Trinajstić information content (AvgIpc) is 3.29. The van der Waals surface area contributed by atoms with Crippen molar-refractivity contribution in [2.75, 3.05) is 26.2 Å². The van der Waals surface area contributed by atoms with E-state index in [1.165, 1.54) is 0 Å². The van der Waals surface area contributed by atoms with Gasteiger partial charge in [0, 0.05) is 38.1 Å². The number of hydrogen-bond acceptors (Lipinski definition) is 5. The zero-order valence-electron chi connectivity index (χ0n) is 15.0. The number of fused-ring (bicyclic) bond motifs is 1. The Labute approximate surface area is 153 Å². The molecule has 2 aromatic rings. The lowest BCUT2D eigenvalue weighted by atomic mass is 10.2. The third kappa shape index (κ3) is 3.64. The van der Waals surface area contributed by atoms with E-state index >= 15 is 0 Å². The molecule has 0 amide bonds. The summed E-state index contributed by atoms with van der Waals surface area (Å²) in [6, 6.07) is 8.07. The van der Waals surface area contributed by atoms with Crippen LogP contribution in [0.1, 0.15) is 12.3 Å². The van der Waals surface area contributed by atoms with Gasteiger partial charge in [0.05, 0.1) is 12.6 Å². The number of para-hydroxylation sites is 2. The molecule has 0 fully saturated rings. The number of allylic oxidation sites excluding steroid dienone is 3. The molecular formula is C20H24N5O+. The molecule has 0 atom stereocenters. The molecule has 2 aliphatic rings. The summed E-state index contributed by atoms with van der Waals surface area (Å²) >= 11 is 0. The number of rotatable bonds is 5. The lowest BCUT2D eigenvalue weighted by molar-refractivity contribution is -0.652. The van der Waals surface area contributed by atoms with Gasteiger partial charge in [0.25, 0.3) is 5.52 Å². The van der Waals surface area contributed by atoms with Gasteiger partial charge in [0.15, 0.2) is 5.96 Å². The number of guanidine groups is 1. The third-order valence-electron chi connectivity index (χ3n) is 4.54. The van der Waals surface area contributed by atoms with Crippen LogP contribution in [0, 0.1) is 0 Å². The van der Waals surface area contributed by atoms with E-state index in [-0.39, 0.29) is 0 Å². The van der Waals surface area contributed by atoms with Gasteiger partial charge in [0.2, 0.25) is 5.58 Å². The lowest BCUT2D eigenvalue weighted by Gasteiger charge is -2.18. The average molecular weight is 350 g/mol. The molecule has 0 bridgehead atoms. The standard InChI is InChI=1S/C20H24N5O/c1-24-17-5-2-3-6-18(17)26-19(24)15-16-7-13-25(14-8-16)12-4-9-21-20-22-10-11-23-20/h2-3,5-8,13-15H,4,9-12H2,1H3,(H2,21,22,23)/q+1. The first-order valence-electron chi connectivity index (χ1n) is 9.03. The molecule has 2 aliphatic heterocycles. The van der Waals surface area contributed by atoms with E-state index in [2.05, 4.69) is 61.8 Å². The van der Waals surface area contributed by atoms with E-state index in [1.807, 2.05) is 25.2 Å². The monoisotopic (exact) mass is 350 g/mol. The fourth-order valence-electron chi connectivity index (χ4n) is 3.09. The molecule has 0 saturated carbocycles. The van der Waals surface area contributed by atoms with E-state index in [0.717, 1.165) is 61.1 Å². The van der Waals surface area contributed by atoms with E-state index in [9.17, 15) is 0 Å². The van der Waals surface area contributed by atoms with Gasteiger partial charge < -0.3 is 20.0 Å². The van der Waals surface area contributed by atoms with Gasteiger partial charge in [-0.3, -0.25) is 4.99 Å². The van der Waals surface area contributed by atoms with Crippen molar-refractivity contribution in [2.24, 2.45) is 12.0 Å². The molecule has 2 N–H and O–H groups in total. The SMILES string of the molecule is C[n+]1c(C=C2C=CN(CCCNC3=NCCN3)C=C2)oc2ccccc21. The first kappa shape index (κ1) is 16.4. The number of nitrogens with zero attached hydrogens (tertiary/aromatic N) is 3. The number of oxazole rings is 1. The molecule has 26 heavy (non-hydrogen) atoms. The Balaban J connectivity index is 1.32. The van der Waals surface area contributed by atoms with Gasteiger partial charge in [0.1, 0.15) is 7.05 Å². The zero-order chi connectivity index (χ0) is 17.8. The minimum atomic E-state index is 0.845. The highest BCUT2D eigenvalue weighted by Crippen LogP contribution is 2.17. The summed E-state index contributed by atoms with van der Waals surface area (Å²) in [6.07, 6.45) is 11.6. The summed E-state index contributed by atoms with van der Waals surface area (Å²) in [6.45, 7) is 3.70. The number of aromatic nitrogens is 1. The molecule has 3 heterocycles. The van der Waals surface area contributed by atoms with Crippen LogP contribution in [-0.4, -0.2) is 37.0 Å². The molecule has 0 saturated heterocycles. The second kappa shape index (κ2) is 7.47. The molecule has 1 aromatic carbocycles. The van der Waals surface area contributed by atoms with Crippen molar-refractivity contribution in [3.05, 3.63) is 60.3 Å². The quantitative estimate of drug-likeness (QED) is 0.639. The van der Waals surface area contributed by atoms with Crippen molar-refractivity contribution in [3.63, 3.8) is 0 Å². The first-order chi connectivity index (χ1) is 12.8. The van der Waals surface area contributed by atoms with Gasteiger partial charge in [-0.2, -0.15) is 4.57 Å². The van der Waals surface area contributed by atoms with Crippen LogP contribution in [0.5, 0.6) is 0 Å². The Bertz CT molecular complexity index is 890. The normalized spacial score (nSPS) is 16.1. The summed E-state index contributed by atoms with van der Waals surface area (Å²) in [7, 11) is 2.03. The number of nitrogens with one attached hydrogen (secondary N) is 2. The fraction of sp³-hybridized carbons (Fsp3) is 0.300. The van der Waals surface area contributed by atoms with E-state index < -0.39 is 0 Å². The van der Waals surface area contributed by atoms with Crippen LogP contribution < -0.4 is 15.2 Å². The van der Waals surface area contributed by atoms with Crippen molar-refractivity contribution in [1.82, 2.24) is 15.5 Å². The molecule has 6 nitrogen and oxygen atoms in total. The molecule has 0 aliphatic carbocycles. The van der Waals surface area contributed by atoms with E-state index in [1.54, 1.807) is 0 Å². The maximum absolute atomic E-state index is 5.94. The molecule has 134 valence electrons. The highest BCUT2D eigenvalue weighted by Gasteiger charge is 2.16. The van der Waals surface area contributed by atoms with Gasteiger partial charge >= 0.3 is 5.89 Å². The second-order valence-corrected chi connectivity index (χ2v) is 6.42. The summed E-state index contributed by atoms with van der Waals surface area (Å²) < 4.78 is 8.01. The first-order valence-corrected chi connectivity index (χ1v) is 9.03. The van der Waals surface area contributed by atoms with Gasteiger partial charge in [-0.1, -0.05) is 12.1 Å². The number of hydrogen-bond donors (Lipinski definition) is 2. The predicted octanol–water partition coefficient (Wildman–Crippen LogP) is 1.92. The van der Waals surface area contributed by atoms with Crippen molar-refractivity contribution >= 4 is 23.1 Å². The van der Waals surface area contributed by atoms with Crippen LogP contribution in [0.15, 0.2) is 63.8 Å². The highest BCUT2D eigenvalue weighted by molar-refractivity contribution is 5.81. The Morgan fingerprint density at radius 1 is 1.31 bits per heavy atom. The van der Waals surface area contributed by atoms with Gasteiger partial charge in [-0.25, -0.2) is 0 Å². The van der Waals surface area contributed by atoms with E-state index in [4.69, 9.17) is 4.42 Å². The summed E-state index contributed by atoms with van der Waals surface area (Å²) in [5, 5.41) is 6.54. The molecule has 0 unspecified atom stereocenters. The topological polar surface area (TPSA) is 56.7 Å². The number of aliphatic imine (C=N–C) groups is 1. The molecule has 6 heteroatoms. The maximum Gasteiger partial charge on any atom is 0.374 e. The van der Waals surface area contributed by atoms with Crippen LogP contribution in [0.25, 0.3) is 17.2 Å². The smallest absolute Gasteiger partial charge is 0.374 e.